The lowest BCUT2D eigenvalue weighted by Crippen LogP contribution is -2.21. The summed E-state index contributed by atoms with van der Waals surface area (Å²) in [5, 5.41) is 12.0. The van der Waals surface area contributed by atoms with E-state index in [-0.39, 0.29) is 0 Å². The highest BCUT2D eigenvalue weighted by Gasteiger charge is 2.21. The van der Waals surface area contributed by atoms with Gasteiger partial charge in [0, 0.05) is 12.6 Å². The first kappa shape index (κ1) is 7.03. The normalized spacial score (nSPS) is 35.3. The van der Waals surface area contributed by atoms with Crippen molar-refractivity contribution in [3.8, 4) is 0 Å². The molecule has 0 radical (unpaired) electrons. The zero-order valence-electron chi connectivity index (χ0n) is 5.93. The van der Waals surface area contributed by atoms with Crippen LogP contribution in [0.15, 0.2) is 0 Å². The summed E-state index contributed by atoms with van der Waals surface area (Å²) in [5.74, 6) is 0.572. The van der Waals surface area contributed by atoms with Crippen LogP contribution in [-0.2, 0) is 0 Å². The molecule has 1 aliphatic carbocycles. The zero-order chi connectivity index (χ0) is 6.69. The largest absolute Gasteiger partial charge is 0.396 e. The number of hydrogen-bond donors (Lipinski definition) is 2. The van der Waals surface area contributed by atoms with Crippen LogP contribution in [0.4, 0.5) is 0 Å². The van der Waals surface area contributed by atoms with Gasteiger partial charge in [0.15, 0.2) is 0 Å². The Kier molecular flexibility index (Phi) is 2.49. The molecule has 54 valence electrons. The van der Waals surface area contributed by atoms with Crippen molar-refractivity contribution in [1.29, 1.82) is 0 Å². The second-order valence-electron chi connectivity index (χ2n) is 2.85. The van der Waals surface area contributed by atoms with Crippen molar-refractivity contribution >= 4 is 0 Å². The minimum absolute atomic E-state index is 0.373. The average Bonchev–Trinajstić information content (AvgIpc) is 2.34. The maximum atomic E-state index is 8.75. The number of aliphatic hydroxyl groups is 1. The van der Waals surface area contributed by atoms with E-state index >= 15 is 0 Å². The Morgan fingerprint density at radius 2 is 2.33 bits per heavy atom. The molecule has 1 saturated carbocycles. The molecule has 0 aromatic heterocycles. The maximum Gasteiger partial charge on any atom is 0.0459 e. The summed E-state index contributed by atoms with van der Waals surface area (Å²) in [5.41, 5.74) is 0. The molecule has 1 aliphatic rings. The fraction of sp³-hybridized carbons (Fsp3) is 1.00. The van der Waals surface area contributed by atoms with Gasteiger partial charge in [-0.05, 0) is 32.2 Å². The third kappa shape index (κ3) is 1.66. The molecule has 0 unspecified atom stereocenters. The molecule has 0 aromatic carbocycles. The van der Waals surface area contributed by atoms with E-state index in [1.54, 1.807) is 0 Å². The van der Waals surface area contributed by atoms with E-state index in [0.29, 0.717) is 18.6 Å². The van der Waals surface area contributed by atoms with Gasteiger partial charge in [-0.3, -0.25) is 0 Å². The van der Waals surface area contributed by atoms with Gasteiger partial charge in [0.25, 0.3) is 0 Å². The topological polar surface area (TPSA) is 32.3 Å². The van der Waals surface area contributed by atoms with Gasteiger partial charge in [0.1, 0.15) is 0 Å². The van der Waals surface area contributed by atoms with Crippen molar-refractivity contribution in [1.82, 2.24) is 5.32 Å². The summed E-state index contributed by atoms with van der Waals surface area (Å²) in [6, 6.07) is 0.669. The van der Waals surface area contributed by atoms with Gasteiger partial charge < -0.3 is 10.4 Å². The molecule has 0 spiro atoms. The summed E-state index contributed by atoms with van der Waals surface area (Å²) < 4.78 is 0. The molecule has 9 heavy (non-hydrogen) atoms. The maximum absolute atomic E-state index is 8.75. The van der Waals surface area contributed by atoms with Crippen molar-refractivity contribution in [2.24, 2.45) is 5.92 Å². The van der Waals surface area contributed by atoms with Crippen LogP contribution < -0.4 is 5.32 Å². The fourth-order valence-electron chi connectivity index (χ4n) is 1.50. The average molecular weight is 129 g/mol. The molecule has 0 amide bonds. The Morgan fingerprint density at radius 1 is 1.56 bits per heavy atom. The first-order chi connectivity index (χ1) is 4.36. The van der Waals surface area contributed by atoms with Gasteiger partial charge in [-0.2, -0.15) is 0 Å². The van der Waals surface area contributed by atoms with Gasteiger partial charge in [-0.15, -0.1) is 0 Å². The van der Waals surface area contributed by atoms with Gasteiger partial charge in [0.2, 0.25) is 0 Å². The van der Waals surface area contributed by atoms with Crippen LogP contribution in [0.25, 0.3) is 0 Å². The summed E-state index contributed by atoms with van der Waals surface area (Å²) >= 11 is 0. The smallest absolute Gasteiger partial charge is 0.0459 e. The van der Waals surface area contributed by atoms with Crippen molar-refractivity contribution in [3.05, 3.63) is 0 Å². The highest BCUT2D eigenvalue weighted by atomic mass is 16.3. The number of nitrogens with one attached hydrogen (secondary N) is 1. The minimum atomic E-state index is 0.373. The molecule has 2 N–H and O–H groups in total. The SMILES string of the molecule is CN[C@H]1CC[C@@H](CO)C1. The Morgan fingerprint density at radius 3 is 2.67 bits per heavy atom. The molecule has 0 saturated heterocycles. The number of rotatable bonds is 2. The van der Waals surface area contributed by atoms with E-state index in [9.17, 15) is 0 Å². The quantitative estimate of drug-likeness (QED) is 0.564. The van der Waals surface area contributed by atoms with Crippen molar-refractivity contribution < 1.29 is 5.11 Å². The summed E-state index contributed by atoms with van der Waals surface area (Å²) in [7, 11) is 1.99. The van der Waals surface area contributed by atoms with Crippen LogP contribution in [0.3, 0.4) is 0 Å². The number of aliphatic hydroxyl groups excluding tert-OH is 1. The standard InChI is InChI=1S/C7H15NO/c1-8-7-3-2-6(4-7)5-9/h6-9H,2-5H2,1H3/t6-,7+/m1/s1. The van der Waals surface area contributed by atoms with E-state index in [1.165, 1.54) is 12.8 Å². The molecule has 0 heterocycles. The molecular weight excluding hydrogens is 114 g/mol. The Bertz CT molecular complexity index is 75.0. The number of hydrogen-bond acceptors (Lipinski definition) is 2. The van der Waals surface area contributed by atoms with Gasteiger partial charge in [-0.1, -0.05) is 0 Å². The molecule has 1 rings (SSSR count). The van der Waals surface area contributed by atoms with Crippen LogP contribution in [0, 0.1) is 5.92 Å². The van der Waals surface area contributed by atoms with Gasteiger partial charge in [0.05, 0.1) is 0 Å². The Labute approximate surface area is 56.3 Å². The van der Waals surface area contributed by atoms with Crippen LogP contribution in [0.1, 0.15) is 19.3 Å². The first-order valence-corrected chi connectivity index (χ1v) is 3.65. The van der Waals surface area contributed by atoms with Crippen LogP contribution in [0.2, 0.25) is 0 Å². The highest BCUT2D eigenvalue weighted by molar-refractivity contribution is 4.78. The lowest BCUT2D eigenvalue weighted by Gasteiger charge is -2.06. The summed E-state index contributed by atoms with van der Waals surface area (Å²) in [6.07, 6.45) is 3.59. The first-order valence-electron chi connectivity index (χ1n) is 3.65. The van der Waals surface area contributed by atoms with Gasteiger partial charge in [-0.25, -0.2) is 0 Å². The molecule has 1 fully saturated rings. The molecule has 0 bridgehead atoms. The van der Waals surface area contributed by atoms with Crippen molar-refractivity contribution in [3.63, 3.8) is 0 Å². The van der Waals surface area contributed by atoms with Crippen LogP contribution >= 0.6 is 0 Å². The van der Waals surface area contributed by atoms with E-state index in [0.717, 1.165) is 6.42 Å². The lowest BCUT2D eigenvalue weighted by molar-refractivity contribution is 0.228. The third-order valence-corrected chi connectivity index (χ3v) is 2.21. The third-order valence-electron chi connectivity index (χ3n) is 2.21. The molecule has 2 heteroatoms. The predicted octanol–water partition coefficient (Wildman–Crippen LogP) is 0.367. The van der Waals surface area contributed by atoms with Crippen LogP contribution in [0.5, 0.6) is 0 Å². The van der Waals surface area contributed by atoms with E-state index in [2.05, 4.69) is 5.32 Å². The predicted molar refractivity (Wildman–Crippen MR) is 37.3 cm³/mol. The van der Waals surface area contributed by atoms with Crippen molar-refractivity contribution in [2.75, 3.05) is 13.7 Å². The molecular formula is C7H15NO. The summed E-state index contributed by atoms with van der Waals surface area (Å²) in [6.45, 7) is 0.373. The fourth-order valence-corrected chi connectivity index (χ4v) is 1.50. The lowest BCUT2D eigenvalue weighted by atomic mass is 10.1. The molecule has 0 aromatic rings. The van der Waals surface area contributed by atoms with Crippen LogP contribution in [-0.4, -0.2) is 24.8 Å². The molecule has 0 aliphatic heterocycles. The molecule has 2 nitrogen and oxygen atoms in total. The van der Waals surface area contributed by atoms with E-state index in [4.69, 9.17) is 5.11 Å². The van der Waals surface area contributed by atoms with Gasteiger partial charge >= 0.3 is 0 Å². The van der Waals surface area contributed by atoms with E-state index in [1.807, 2.05) is 7.05 Å². The minimum Gasteiger partial charge on any atom is -0.396 e. The zero-order valence-corrected chi connectivity index (χ0v) is 5.93. The molecule has 2 atom stereocenters. The summed E-state index contributed by atoms with van der Waals surface area (Å²) in [4.78, 5) is 0. The second-order valence-corrected chi connectivity index (χ2v) is 2.85. The van der Waals surface area contributed by atoms with E-state index < -0.39 is 0 Å². The Hall–Kier alpha value is -0.0800. The monoisotopic (exact) mass is 129 g/mol. The highest BCUT2D eigenvalue weighted by Crippen LogP contribution is 2.24. The van der Waals surface area contributed by atoms with Crippen molar-refractivity contribution in [2.45, 2.75) is 25.3 Å². The Balaban J connectivity index is 2.20. The second kappa shape index (κ2) is 3.18.